The number of para-hydroxylation sites is 2. The van der Waals surface area contributed by atoms with Crippen molar-refractivity contribution in [1.29, 1.82) is 0 Å². The smallest absolute Gasteiger partial charge is 0.323 e. The van der Waals surface area contributed by atoms with Crippen molar-refractivity contribution >= 4 is 17.0 Å². The number of hydrogen-bond acceptors (Lipinski definition) is 5. The van der Waals surface area contributed by atoms with Crippen molar-refractivity contribution < 1.29 is 19.4 Å². The van der Waals surface area contributed by atoms with Crippen LogP contribution in [-0.4, -0.2) is 65.0 Å². The number of aromatic nitrogens is 2. The highest BCUT2D eigenvalue weighted by Gasteiger charge is 2.15. The number of fused-ring (bicyclic) bond motifs is 1. The van der Waals surface area contributed by atoms with Crippen molar-refractivity contribution in [2.45, 2.75) is 6.54 Å². The van der Waals surface area contributed by atoms with Crippen molar-refractivity contribution in [3.63, 3.8) is 0 Å². The molecule has 0 radical (unpaired) electrons. The van der Waals surface area contributed by atoms with Gasteiger partial charge in [-0.15, -0.1) is 0 Å². The van der Waals surface area contributed by atoms with Gasteiger partial charge in [-0.25, -0.2) is 4.98 Å². The molecule has 1 N–H and O–H groups in total. The van der Waals surface area contributed by atoms with Crippen LogP contribution in [0.2, 0.25) is 0 Å². The number of morpholine rings is 1. The van der Waals surface area contributed by atoms with E-state index in [4.69, 9.17) is 9.47 Å². The quantitative estimate of drug-likeness (QED) is 0.678. The van der Waals surface area contributed by atoms with Crippen LogP contribution in [0.4, 0.5) is 0 Å². The number of nitrogens with zero attached hydrogens (tertiary/aromatic N) is 3. The van der Waals surface area contributed by atoms with Gasteiger partial charge in [-0.1, -0.05) is 12.1 Å². The number of carboxylic acid groups (broad SMARTS) is 1. The summed E-state index contributed by atoms with van der Waals surface area (Å²) in [4.78, 5) is 18.3. The molecule has 3 aromatic rings. The average Bonchev–Trinajstić information content (AvgIpc) is 3.07. The number of rotatable bonds is 7. The number of benzene rings is 2. The average molecular weight is 381 g/mol. The number of carboxylic acids is 1. The number of hydrogen-bond donors (Lipinski definition) is 1. The van der Waals surface area contributed by atoms with Gasteiger partial charge in [0.2, 0.25) is 0 Å². The second-order valence-electron chi connectivity index (χ2n) is 6.73. The maximum atomic E-state index is 11.3. The van der Waals surface area contributed by atoms with E-state index in [-0.39, 0.29) is 6.54 Å². The molecule has 1 saturated heterocycles. The maximum absolute atomic E-state index is 11.3. The first-order valence-electron chi connectivity index (χ1n) is 9.41. The first-order chi connectivity index (χ1) is 13.7. The molecule has 1 aliphatic rings. The largest absolute Gasteiger partial charge is 0.492 e. The van der Waals surface area contributed by atoms with Crippen LogP contribution in [0, 0.1) is 0 Å². The minimum atomic E-state index is -0.896. The van der Waals surface area contributed by atoms with Crippen molar-refractivity contribution in [2.24, 2.45) is 0 Å². The lowest BCUT2D eigenvalue weighted by molar-refractivity contribution is -0.137. The topological polar surface area (TPSA) is 76.8 Å². The van der Waals surface area contributed by atoms with Gasteiger partial charge in [0.1, 0.15) is 24.7 Å². The zero-order valence-corrected chi connectivity index (χ0v) is 15.6. The number of imidazole rings is 1. The molecule has 2 heterocycles. The molecule has 146 valence electrons. The van der Waals surface area contributed by atoms with Gasteiger partial charge in [-0.3, -0.25) is 9.69 Å². The molecule has 28 heavy (non-hydrogen) atoms. The molecule has 0 aliphatic carbocycles. The van der Waals surface area contributed by atoms with Crippen LogP contribution in [0.1, 0.15) is 0 Å². The number of carbonyl (C=O) groups is 1. The molecule has 0 unspecified atom stereocenters. The van der Waals surface area contributed by atoms with E-state index in [9.17, 15) is 9.90 Å². The lowest BCUT2D eigenvalue weighted by Gasteiger charge is -2.26. The van der Waals surface area contributed by atoms with E-state index in [0.717, 1.165) is 55.2 Å². The molecule has 4 rings (SSSR count). The first kappa shape index (κ1) is 18.5. The monoisotopic (exact) mass is 381 g/mol. The predicted octanol–water partition coefficient (Wildman–Crippen LogP) is 2.50. The summed E-state index contributed by atoms with van der Waals surface area (Å²) in [6.45, 7) is 4.83. The standard InChI is InChI=1S/C21H23N3O4/c25-20(26)15-24-19-4-2-1-3-18(19)22-21(24)16-5-7-17(8-6-16)28-14-11-23-9-12-27-13-10-23/h1-8H,9-15H2,(H,25,26). The van der Waals surface area contributed by atoms with Gasteiger partial charge in [-0.2, -0.15) is 0 Å². The van der Waals surface area contributed by atoms with E-state index >= 15 is 0 Å². The van der Waals surface area contributed by atoms with Crippen LogP contribution in [0.15, 0.2) is 48.5 Å². The summed E-state index contributed by atoms with van der Waals surface area (Å²) in [6.07, 6.45) is 0. The second-order valence-corrected chi connectivity index (χ2v) is 6.73. The molecule has 7 nitrogen and oxygen atoms in total. The Bertz CT molecular complexity index is 946. The number of aliphatic carboxylic acids is 1. The van der Waals surface area contributed by atoms with Crippen molar-refractivity contribution in [3.05, 3.63) is 48.5 Å². The van der Waals surface area contributed by atoms with Gasteiger partial charge in [0.15, 0.2) is 0 Å². The molecule has 2 aromatic carbocycles. The van der Waals surface area contributed by atoms with Gasteiger partial charge in [0, 0.05) is 25.2 Å². The van der Waals surface area contributed by atoms with Crippen LogP contribution in [0.25, 0.3) is 22.4 Å². The molecule has 0 bridgehead atoms. The van der Waals surface area contributed by atoms with Crippen molar-refractivity contribution in [3.8, 4) is 17.1 Å². The van der Waals surface area contributed by atoms with Gasteiger partial charge < -0.3 is 19.1 Å². The summed E-state index contributed by atoms with van der Waals surface area (Å²) < 4.78 is 12.9. The van der Waals surface area contributed by atoms with Crippen LogP contribution >= 0.6 is 0 Å². The zero-order chi connectivity index (χ0) is 19.3. The van der Waals surface area contributed by atoms with Gasteiger partial charge >= 0.3 is 5.97 Å². The highest BCUT2D eigenvalue weighted by molar-refractivity contribution is 5.82. The molecule has 1 aromatic heterocycles. The van der Waals surface area contributed by atoms with Crippen LogP contribution in [0.5, 0.6) is 5.75 Å². The van der Waals surface area contributed by atoms with E-state index in [0.29, 0.717) is 12.4 Å². The third kappa shape index (κ3) is 4.16. The molecule has 7 heteroatoms. The van der Waals surface area contributed by atoms with Gasteiger partial charge in [-0.05, 0) is 36.4 Å². The lowest BCUT2D eigenvalue weighted by Crippen LogP contribution is -2.38. The fourth-order valence-electron chi connectivity index (χ4n) is 3.41. The fourth-order valence-corrected chi connectivity index (χ4v) is 3.41. The third-order valence-corrected chi connectivity index (χ3v) is 4.84. The van der Waals surface area contributed by atoms with Crippen molar-refractivity contribution in [2.75, 3.05) is 39.5 Å². The molecule has 1 fully saturated rings. The Morgan fingerprint density at radius 2 is 1.86 bits per heavy atom. The fraction of sp³-hybridized carbons (Fsp3) is 0.333. The third-order valence-electron chi connectivity index (χ3n) is 4.84. The highest BCUT2D eigenvalue weighted by Crippen LogP contribution is 2.26. The molecule has 1 aliphatic heterocycles. The van der Waals surface area contributed by atoms with E-state index in [1.807, 2.05) is 48.5 Å². The zero-order valence-electron chi connectivity index (χ0n) is 15.6. The van der Waals surface area contributed by atoms with E-state index in [1.165, 1.54) is 0 Å². The highest BCUT2D eigenvalue weighted by atomic mass is 16.5. The molecular weight excluding hydrogens is 358 g/mol. The first-order valence-corrected chi connectivity index (χ1v) is 9.41. The van der Waals surface area contributed by atoms with E-state index in [1.54, 1.807) is 4.57 Å². The number of ether oxygens (including phenoxy) is 2. The minimum absolute atomic E-state index is 0.131. The lowest BCUT2D eigenvalue weighted by atomic mass is 10.2. The van der Waals surface area contributed by atoms with Crippen LogP contribution in [0.3, 0.4) is 0 Å². The molecule has 0 spiro atoms. The summed E-state index contributed by atoms with van der Waals surface area (Å²) >= 11 is 0. The SMILES string of the molecule is O=C(O)Cn1c(-c2ccc(OCCN3CCOCC3)cc2)nc2ccccc21. The Morgan fingerprint density at radius 3 is 2.61 bits per heavy atom. The molecule has 0 amide bonds. The Balaban J connectivity index is 1.48. The summed E-state index contributed by atoms with van der Waals surface area (Å²) in [5.74, 6) is 0.536. The van der Waals surface area contributed by atoms with Crippen LogP contribution in [-0.2, 0) is 16.1 Å². The Labute approximate surface area is 163 Å². The van der Waals surface area contributed by atoms with Crippen molar-refractivity contribution in [1.82, 2.24) is 14.5 Å². The molecular formula is C21H23N3O4. The van der Waals surface area contributed by atoms with E-state index in [2.05, 4.69) is 9.88 Å². The Kier molecular flexibility index (Phi) is 5.55. The van der Waals surface area contributed by atoms with Crippen LogP contribution < -0.4 is 4.74 Å². The minimum Gasteiger partial charge on any atom is -0.492 e. The maximum Gasteiger partial charge on any atom is 0.323 e. The van der Waals surface area contributed by atoms with Gasteiger partial charge in [0.05, 0.1) is 24.2 Å². The Hall–Kier alpha value is -2.90. The predicted molar refractivity (Wildman–Crippen MR) is 106 cm³/mol. The summed E-state index contributed by atoms with van der Waals surface area (Å²) in [7, 11) is 0. The summed E-state index contributed by atoms with van der Waals surface area (Å²) in [5, 5.41) is 9.28. The normalized spacial score (nSPS) is 15.0. The van der Waals surface area contributed by atoms with E-state index < -0.39 is 5.97 Å². The molecule has 0 saturated carbocycles. The summed E-state index contributed by atoms with van der Waals surface area (Å²) in [5.41, 5.74) is 2.45. The second kappa shape index (κ2) is 8.41. The summed E-state index contributed by atoms with van der Waals surface area (Å²) in [6, 6.07) is 15.2. The molecule has 0 atom stereocenters. The van der Waals surface area contributed by atoms with Gasteiger partial charge in [0.25, 0.3) is 0 Å². The Morgan fingerprint density at radius 1 is 1.11 bits per heavy atom.